The third-order valence-corrected chi connectivity index (χ3v) is 8.97. The molecule has 28 heavy (non-hydrogen) atoms. The number of hydrogen-bond donors (Lipinski definition) is 0. The number of allylic oxidation sites excluding steroid dienone is 1. The molecule has 4 aliphatic carbocycles. The second-order valence-corrected chi connectivity index (χ2v) is 10.7. The van der Waals surface area contributed by atoms with Crippen LogP contribution in [0, 0.1) is 28.6 Å². The number of hydrogen-bond acceptors (Lipinski definition) is 4. The lowest BCUT2D eigenvalue weighted by atomic mass is 9.47. The standard InChI is InChI=1S/C24H36O4/c1-15(25)27-21-9-8-19-18-7-6-17-14-22(3,28-16(2)26)12-13-23(17,4)20(18)10-11-24(19,21)5/h6,18-21H,7-14H2,1-5H3/t18-,19-,20-,21+,22+,23+,24+/m1/s1. The zero-order valence-corrected chi connectivity index (χ0v) is 18.2. The van der Waals surface area contributed by atoms with Gasteiger partial charge in [-0.1, -0.05) is 25.5 Å². The first-order valence-corrected chi connectivity index (χ1v) is 11.1. The SMILES string of the molecule is CC(=O)O[C@H]1CC[C@@H]2[C@H]3CC=C4C[C@@](C)(OC(C)=O)CC[C@]4(C)[C@@H]3CC[C@]12C. The molecule has 156 valence electrons. The fourth-order valence-corrected chi connectivity index (χ4v) is 7.57. The Morgan fingerprint density at radius 2 is 1.71 bits per heavy atom. The smallest absolute Gasteiger partial charge is 0.303 e. The molecule has 0 radical (unpaired) electrons. The van der Waals surface area contributed by atoms with Crippen LogP contribution in [0.25, 0.3) is 0 Å². The minimum atomic E-state index is -0.346. The molecule has 0 aromatic rings. The van der Waals surface area contributed by atoms with E-state index in [4.69, 9.17) is 9.47 Å². The molecule has 0 bridgehead atoms. The zero-order valence-electron chi connectivity index (χ0n) is 18.2. The summed E-state index contributed by atoms with van der Waals surface area (Å²) < 4.78 is 11.5. The summed E-state index contributed by atoms with van der Waals surface area (Å²) >= 11 is 0. The first-order chi connectivity index (χ1) is 13.1. The molecule has 4 nitrogen and oxygen atoms in total. The maximum absolute atomic E-state index is 11.6. The highest BCUT2D eigenvalue weighted by Gasteiger charge is 2.60. The summed E-state index contributed by atoms with van der Waals surface area (Å²) in [4.78, 5) is 23.2. The second kappa shape index (κ2) is 6.60. The molecule has 4 rings (SSSR count). The van der Waals surface area contributed by atoms with Crippen molar-refractivity contribution >= 4 is 11.9 Å². The molecule has 0 amide bonds. The van der Waals surface area contributed by atoms with Crippen molar-refractivity contribution in [3.05, 3.63) is 11.6 Å². The highest BCUT2D eigenvalue weighted by molar-refractivity contribution is 5.66. The van der Waals surface area contributed by atoms with Crippen LogP contribution in [0.5, 0.6) is 0 Å². The van der Waals surface area contributed by atoms with Crippen LogP contribution in [-0.2, 0) is 19.1 Å². The molecular formula is C24H36O4. The average Bonchev–Trinajstić information content (AvgIpc) is 2.91. The van der Waals surface area contributed by atoms with E-state index in [1.807, 2.05) is 0 Å². The maximum Gasteiger partial charge on any atom is 0.303 e. The third-order valence-electron chi connectivity index (χ3n) is 8.97. The van der Waals surface area contributed by atoms with Gasteiger partial charge in [-0.05, 0) is 75.0 Å². The quantitative estimate of drug-likeness (QED) is 0.482. The maximum atomic E-state index is 11.6. The predicted molar refractivity (Wildman–Crippen MR) is 107 cm³/mol. The first kappa shape index (κ1) is 20.0. The van der Waals surface area contributed by atoms with Crippen molar-refractivity contribution in [2.75, 3.05) is 0 Å². The van der Waals surface area contributed by atoms with E-state index in [0.29, 0.717) is 17.8 Å². The molecule has 0 aromatic heterocycles. The van der Waals surface area contributed by atoms with Gasteiger partial charge in [-0.15, -0.1) is 0 Å². The van der Waals surface area contributed by atoms with Crippen molar-refractivity contribution in [3.8, 4) is 0 Å². The Balaban J connectivity index is 1.58. The van der Waals surface area contributed by atoms with Gasteiger partial charge in [0.15, 0.2) is 0 Å². The fraction of sp³-hybridized carbons (Fsp3) is 0.833. The van der Waals surface area contributed by atoms with Crippen LogP contribution in [0.4, 0.5) is 0 Å². The van der Waals surface area contributed by atoms with Crippen molar-refractivity contribution in [2.45, 2.75) is 97.7 Å². The van der Waals surface area contributed by atoms with Crippen LogP contribution in [0.1, 0.15) is 86.0 Å². The molecule has 0 aromatic carbocycles. The molecule has 3 fully saturated rings. The molecule has 0 aliphatic heterocycles. The number of fused-ring (bicyclic) bond motifs is 5. The second-order valence-electron chi connectivity index (χ2n) is 10.7. The van der Waals surface area contributed by atoms with E-state index in [1.165, 1.54) is 25.3 Å². The van der Waals surface area contributed by atoms with Crippen molar-refractivity contribution in [1.29, 1.82) is 0 Å². The van der Waals surface area contributed by atoms with Gasteiger partial charge >= 0.3 is 11.9 Å². The van der Waals surface area contributed by atoms with Gasteiger partial charge in [0.2, 0.25) is 0 Å². The van der Waals surface area contributed by atoms with E-state index in [1.54, 1.807) is 6.92 Å². The molecular weight excluding hydrogens is 352 g/mol. The van der Waals surface area contributed by atoms with Crippen LogP contribution < -0.4 is 0 Å². The Morgan fingerprint density at radius 1 is 0.964 bits per heavy atom. The van der Waals surface area contributed by atoms with Crippen LogP contribution >= 0.6 is 0 Å². The number of ether oxygens (including phenoxy) is 2. The van der Waals surface area contributed by atoms with Crippen molar-refractivity contribution in [1.82, 2.24) is 0 Å². The highest BCUT2D eigenvalue weighted by Crippen LogP contribution is 2.66. The Bertz CT molecular complexity index is 711. The van der Waals surface area contributed by atoms with Gasteiger partial charge in [0.25, 0.3) is 0 Å². The number of esters is 2. The van der Waals surface area contributed by atoms with Crippen molar-refractivity contribution in [2.24, 2.45) is 28.6 Å². The Morgan fingerprint density at radius 3 is 2.39 bits per heavy atom. The summed E-state index contributed by atoms with van der Waals surface area (Å²) in [6.07, 6.45) is 11.2. The zero-order chi connectivity index (χ0) is 20.3. The number of rotatable bonds is 2. The molecule has 0 heterocycles. The van der Waals surface area contributed by atoms with Crippen LogP contribution in [0.15, 0.2) is 11.6 Å². The summed E-state index contributed by atoms with van der Waals surface area (Å²) in [6.45, 7) is 9.99. The Labute approximate surface area is 169 Å². The van der Waals surface area contributed by atoms with Gasteiger partial charge in [-0.2, -0.15) is 0 Å². The highest BCUT2D eigenvalue weighted by atomic mass is 16.6. The summed E-state index contributed by atoms with van der Waals surface area (Å²) in [7, 11) is 0. The van der Waals surface area contributed by atoms with Gasteiger partial charge in [0, 0.05) is 25.7 Å². The van der Waals surface area contributed by atoms with Gasteiger partial charge < -0.3 is 9.47 Å². The lowest BCUT2D eigenvalue weighted by molar-refractivity contribution is -0.161. The Hall–Kier alpha value is -1.32. The van der Waals surface area contributed by atoms with E-state index in [9.17, 15) is 9.59 Å². The van der Waals surface area contributed by atoms with E-state index in [0.717, 1.165) is 38.5 Å². The molecule has 0 spiro atoms. The minimum absolute atomic E-state index is 0.0905. The summed E-state index contributed by atoms with van der Waals surface area (Å²) in [5.74, 6) is 1.72. The fourth-order valence-electron chi connectivity index (χ4n) is 7.57. The van der Waals surface area contributed by atoms with Crippen LogP contribution in [-0.4, -0.2) is 23.6 Å². The topological polar surface area (TPSA) is 52.6 Å². The van der Waals surface area contributed by atoms with E-state index >= 15 is 0 Å². The Kier molecular flexibility index (Phi) is 4.71. The van der Waals surface area contributed by atoms with E-state index in [-0.39, 0.29) is 34.5 Å². The molecule has 0 N–H and O–H groups in total. The molecule has 4 aliphatic rings. The lowest BCUT2D eigenvalue weighted by Crippen LogP contribution is -2.53. The minimum Gasteiger partial charge on any atom is -0.462 e. The summed E-state index contributed by atoms with van der Waals surface area (Å²) in [6, 6.07) is 0. The lowest BCUT2D eigenvalue weighted by Gasteiger charge is -2.58. The van der Waals surface area contributed by atoms with Gasteiger partial charge in [-0.25, -0.2) is 0 Å². The number of carbonyl (C=O) groups excluding carboxylic acids is 2. The first-order valence-electron chi connectivity index (χ1n) is 11.1. The summed E-state index contributed by atoms with van der Waals surface area (Å²) in [5.41, 5.74) is 1.53. The van der Waals surface area contributed by atoms with Gasteiger partial charge in [0.05, 0.1) is 0 Å². The van der Waals surface area contributed by atoms with Gasteiger partial charge in [-0.3, -0.25) is 9.59 Å². The van der Waals surface area contributed by atoms with E-state index in [2.05, 4.69) is 26.8 Å². The summed E-state index contributed by atoms with van der Waals surface area (Å²) in [5, 5.41) is 0. The molecule has 0 saturated heterocycles. The van der Waals surface area contributed by atoms with Crippen LogP contribution in [0.2, 0.25) is 0 Å². The monoisotopic (exact) mass is 388 g/mol. The predicted octanol–water partition coefficient (Wildman–Crippen LogP) is 5.20. The van der Waals surface area contributed by atoms with Crippen molar-refractivity contribution in [3.63, 3.8) is 0 Å². The number of carbonyl (C=O) groups is 2. The molecule has 4 heteroatoms. The van der Waals surface area contributed by atoms with Crippen LogP contribution in [0.3, 0.4) is 0 Å². The largest absolute Gasteiger partial charge is 0.462 e. The molecule has 0 unspecified atom stereocenters. The molecule has 7 atom stereocenters. The van der Waals surface area contributed by atoms with Crippen molar-refractivity contribution < 1.29 is 19.1 Å². The molecule has 3 saturated carbocycles. The van der Waals surface area contributed by atoms with E-state index < -0.39 is 0 Å². The average molecular weight is 389 g/mol. The van der Waals surface area contributed by atoms with Gasteiger partial charge in [0.1, 0.15) is 11.7 Å². The third kappa shape index (κ3) is 3.02. The normalized spacial score (nSPS) is 47.2.